The van der Waals surface area contributed by atoms with Crippen LogP contribution >= 0.6 is 27.5 Å². The van der Waals surface area contributed by atoms with Gasteiger partial charge in [0, 0.05) is 10.7 Å². The van der Waals surface area contributed by atoms with Crippen LogP contribution in [-0.4, -0.2) is 13.3 Å². The quantitative estimate of drug-likeness (QED) is 0.723. The lowest BCUT2D eigenvalue weighted by molar-refractivity contribution is 0.272. The van der Waals surface area contributed by atoms with E-state index in [1.807, 2.05) is 6.07 Å². The van der Waals surface area contributed by atoms with E-state index in [0.717, 1.165) is 10.2 Å². The first kappa shape index (κ1) is 15.2. The molecule has 0 bridgehead atoms. The van der Waals surface area contributed by atoms with Crippen molar-refractivity contribution in [2.24, 2.45) is 0 Å². The molecule has 0 amide bonds. The number of pyridine rings is 1. The Morgan fingerprint density at radius 2 is 2.00 bits per heavy atom. The molecule has 0 aromatic carbocycles. The molecule has 0 fully saturated rings. The molecule has 1 rings (SSSR count). The minimum Gasteiger partial charge on any atom is -0.411 e. The highest BCUT2D eigenvalue weighted by Gasteiger charge is 2.37. The second kappa shape index (κ2) is 5.39. The second-order valence-electron chi connectivity index (χ2n) is 5.63. The summed E-state index contributed by atoms with van der Waals surface area (Å²) in [5.41, 5.74) is 0.805. The van der Waals surface area contributed by atoms with Crippen LogP contribution in [0.1, 0.15) is 26.5 Å². The Hall–Kier alpha value is 0.0969. The summed E-state index contributed by atoms with van der Waals surface area (Å²) in [6.45, 7) is 11.6. The summed E-state index contributed by atoms with van der Waals surface area (Å²) in [7, 11) is -1.73. The third kappa shape index (κ3) is 4.05. The standard InChI is InChI=1S/C12H19BrClNOSi/c1-12(2,3)17(4,5)16-8-11-10(14)6-9(13)7-15-11/h6-7H,8H2,1-5H3. The summed E-state index contributed by atoms with van der Waals surface area (Å²) in [6.07, 6.45) is 1.75. The predicted octanol–water partition coefficient (Wildman–Crippen LogP) is 5.02. The van der Waals surface area contributed by atoms with Crippen molar-refractivity contribution in [3.05, 3.63) is 27.5 Å². The van der Waals surface area contributed by atoms with Gasteiger partial charge < -0.3 is 4.43 Å². The van der Waals surface area contributed by atoms with Gasteiger partial charge in [-0.15, -0.1) is 0 Å². The zero-order valence-electron chi connectivity index (χ0n) is 11.0. The number of hydrogen-bond acceptors (Lipinski definition) is 2. The van der Waals surface area contributed by atoms with Crippen LogP contribution in [0.3, 0.4) is 0 Å². The first-order chi connectivity index (χ1) is 7.63. The molecule has 0 saturated carbocycles. The lowest BCUT2D eigenvalue weighted by Crippen LogP contribution is -2.40. The average molecular weight is 337 g/mol. The molecule has 0 N–H and O–H groups in total. The molecular weight excluding hydrogens is 318 g/mol. The van der Waals surface area contributed by atoms with Gasteiger partial charge in [0.05, 0.1) is 17.3 Å². The molecule has 0 aliphatic rings. The van der Waals surface area contributed by atoms with Crippen molar-refractivity contribution in [3.63, 3.8) is 0 Å². The second-order valence-corrected chi connectivity index (χ2v) is 11.8. The number of hydrogen-bond donors (Lipinski definition) is 0. The first-order valence-corrected chi connectivity index (χ1v) is 9.65. The lowest BCUT2D eigenvalue weighted by atomic mass is 10.2. The third-order valence-electron chi connectivity index (χ3n) is 3.26. The van der Waals surface area contributed by atoms with Crippen LogP contribution in [-0.2, 0) is 11.0 Å². The molecule has 0 aliphatic heterocycles. The van der Waals surface area contributed by atoms with Crippen molar-refractivity contribution in [1.82, 2.24) is 4.98 Å². The minimum atomic E-state index is -1.73. The summed E-state index contributed by atoms with van der Waals surface area (Å²) in [6, 6.07) is 1.85. The molecule has 0 atom stereocenters. The Morgan fingerprint density at radius 3 is 2.47 bits per heavy atom. The Labute approximate surface area is 118 Å². The lowest BCUT2D eigenvalue weighted by Gasteiger charge is -2.36. The van der Waals surface area contributed by atoms with E-state index in [4.69, 9.17) is 16.0 Å². The molecule has 0 spiro atoms. The third-order valence-corrected chi connectivity index (χ3v) is 8.50. The van der Waals surface area contributed by atoms with E-state index in [1.54, 1.807) is 6.20 Å². The normalized spacial score (nSPS) is 12.9. The van der Waals surface area contributed by atoms with E-state index >= 15 is 0 Å². The Kier molecular flexibility index (Phi) is 4.80. The molecule has 0 unspecified atom stereocenters. The van der Waals surface area contributed by atoms with E-state index in [2.05, 4.69) is 54.8 Å². The fourth-order valence-electron chi connectivity index (χ4n) is 1.01. The van der Waals surface area contributed by atoms with Gasteiger partial charge in [0.25, 0.3) is 0 Å². The zero-order valence-corrected chi connectivity index (χ0v) is 14.3. The molecule has 0 aliphatic carbocycles. The van der Waals surface area contributed by atoms with Crippen LogP contribution in [0.4, 0.5) is 0 Å². The number of halogens is 2. The van der Waals surface area contributed by atoms with E-state index in [0.29, 0.717) is 11.6 Å². The fourth-order valence-corrected chi connectivity index (χ4v) is 2.63. The maximum atomic E-state index is 6.12. The van der Waals surface area contributed by atoms with Gasteiger partial charge in [0.1, 0.15) is 0 Å². The Morgan fingerprint density at radius 1 is 1.41 bits per heavy atom. The van der Waals surface area contributed by atoms with Crippen LogP contribution in [0.15, 0.2) is 16.7 Å². The van der Waals surface area contributed by atoms with Crippen LogP contribution in [0.25, 0.3) is 0 Å². The van der Waals surface area contributed by atoms with Crippen LogP contribution in [0, 0.1) is 0 Å². The topological polar surface area (TPSA) is 22.1 Å². The largest absolute Gasteiger partial charge is 0.411 e. The molecule has 5 heteroatoms. The van der Waals surface area contributed by atoms with Crippen LogP contribution in [0.2, 0.25) is 23.2 Å². The van der Waals surface area contributed by atoms with E-state index in [-0.39, 0.29) is 5.04 Å². The number of rotatable bonds is 3. The van der Waals surface area contributed by atoms with Crippen molar-refractivity contribution < 1.29 is 4.43 Å². The van der Waals surface area contributed by atoms with Gasteiger partial charge in [-0.1, -0.05) is 32.4 Å². The SMILES string of the molecule is CC(C)(C)[Si](C)(C)OCc1ncc(Br)cc1Cl. The van der Waals surface area contributed by atoms with E-state index in [9.17, 15) is 0 Å². The van der Waals surface area contributed by atoms with Gasteiger partial charge in [-0.3, -0.25) is 4.98 Å². The Balaban J connectivity index is 2.74. The highest BCUT2D eigenvalue weighted by Crippen LogP contribution is 2.37. The molecule has 0 radical (unpaired) electrons. The number of nitrogens with zero attached hydrogens (tertiary/aromatic N) is 1. The van der Waals surface area contributed by atoms with E-state index < -0.39 is 8.32 Å². The van der Waals surface area contributed by atoms with Gasteiger partial charge in [0.15, 0.2) is 8.32 Å². The van der Waals surface area contributed by atoms with Crippen molar-refractivity contribution in [2.45, 2.75) is 45.5 Å². The molecular formula is C12H19BrClNOSi. The minimum absolute atomic E-state index is 0.203. The highest BCUT2D eigenvalue weighted by atomic mass is 79.9. The molecule has 1 aromatic heterocycles. The fraction of sp³-hybridized carbons (Fsp3) is 0.583. The van der Waals surface area contributed by atoms with Crippen molar-refractivity contribution in [3.8, 4) is 0 Å². The molecule has 2 nitrogen and oxygen atoms in total. The molecule has 1 aromatic rings. The van der Waals surface area contributed by atoms with Crippen molar-refractivity contribution in [1.29, 1.82) is 0 Å². The molecule has 1 heterocycles. The number of aromatic nitrogens is 1. The predicted molar refractivity (Wildman–Crippen MR) is 78.9 cm³/mol. The van der Waals surface area contributed by atoms with Gasteiger partial charge in [-0.25, -0.2) is 0 Å². The zero-order chi connectivity index (χ0) is 13.3. The van der Waals surface area contributed by atoms with Gasteiger partial charge >= 0.3 is 0 Å². The summed E-state index contributed by atoms with van der Waals surface area (Å²) < 4.78 is 6.96. The van der Waals surface area contributed by atoms with E-state index in [1.165, 1.54) is 0 Å². The van der Waals surface area contributed by atoms with Crippen LogP contribution in [0.5, 0.6) is 0 Å². The van der Waals surface area contributed by atoms with Gasteiger partial charge in [-0.2, -0.15) is 0 Å². The van der Waals surface area contributed by atoms with Crippen LogP contribution < -0.4 is 0 Å². The highest BCUT2D eigenvalue weighted by molar-refractivity contribution is 9.10. The summed E-state index contributed by atoms with van der Waals surface area (Å²) in [5.74, 6) is 0. The maximum absolute atomic E-state index is 6.12. The molecule has 17 heavy (non-hydrogen) atoms. The summed E-state index contributed by atoms with van der Waals surface area (Å²) in [5, 5.41) is 0.854. The molecule has 0 saturated heterocycles. The summed E-state index contributed by atoms with van der Waals surface area (Å²) in [4.78, 5) is 4.28. The maximum Gasteiger partial charge on any atom is 0.192 e. The van der Waals surface area contributed by atoms with Crippen molar-refractivity contribution >= 4 is 35.8 Å². The van der Waals surface area contributed by atoms with Crippen molar-refractivity contribution in [2.75, 3.05) is 0 Å². The summed E-state index contributed by atoms with van der Waals surface area (Å²) >= 11 is 9.46. The molecule has 96 valence electrons. The first-order valence-electron chi connectivity index (χ1n) is 5.57. The van der Waals surface area contributed by atoms with Gasteiger partial charge in [0.2, 0.25) is 0 Å². The Bertz CT molecular complexity index is 404. The smallest absolute Gasteiger partial charge is 0.192 e. The monoisotopic (exact) mass is 335 g/mol. The average Bonchev–Trinajstić information content (AvgIpc) is 2.14. The van der Waals surface area contributed by atoms with Gasteiger partial charge in [-0.05, 0) is 40.1 Å².